The van der Waals surface area contributed by atoms with E-state index in [-0.39, 0.29) is 11.8 Å². The zero-order valence-corrected chi connectivity index (χ0v) is 17.2. The summed E-state index contributed by atoms with van der Waals surface area (Å²) in [5.41, 5.74) is 5.71. The maximum absolute atomic E-state index is 12.7. The quantitative estimate of drug-likeness (QED) is 0.474. The molecule has 2 aromatic carbocycles. The summed E-state index contributed by atoms with van der Waals surface area (Å²) in [6.45, 7) is 4.47. The highest BCUT2D eigenvalue weighted by Crippen LogP contribution is 2.24. The zero-order chi connectivity index (χ0) is 20.5. The van der Waals surface area contributed by atoms with Crippen molar-refractivity contribution in [1.82, 2.24) is 20.3 Å². The van der Waals surface area contributed by atoms with Gasteiger partial charge in [-0.15, -0.1) is 0 Å². The van der Waals surface area contributed by atoms with Gasteiger partial charge in [0, 0.05) is 42.7 Å². The Hall–Kier alpha value is -3.28. The molecule has 0 spiro atoms. The summed E-state index contributed by atoms with van der Waals surface area (Å²) in [6.07, 6.45) is 4.61. The Kier molecular flexibility index (Phi) is 4.91. The molecule has 6 heteroatoms. The van der Waals surface area contributed by atoms with Gasteiger partial charge in [-0.25, -0.2) is 4.98 Å². The Bertz CT molecular complexity index is 1150. The first-order valence-corrected chi connectivity index (χ1v) is 10.7. The number of piperidine rings is 1. The minimum atomic E-state index is 0.0795. The predicted octanol–water partition coefficient (Wildman–Crippen LogP) is 3.93. The third-order valence-corrected chi connectivity index (χ3v) is 6.16. The van der Waals surface area contributed by atoms with Crippen molar-refractivity contribution in [2.75, 3.05) is 24.5 Å². The van der Waals surface area contributed by atoms with E-state index in [9.17, 15) is 4.79 Å². The van der Waals surface area contributed by atoms with Crippen molar-refractivity contribution in [3.05, 3.63) is 59.8 Å². The zero-order valence-electron chi connectivity index (χ0n) is 17.2. The number of carbonyl (C=O) groups excluding carboxylic acids is 1. The Morgan fingerprint density at radius 3 is 2.83 bits per heavy atom. The number of para-hydroxylation sites is 2. The van der Waals surface area contributed by atoms with Crippen LogP contribution in [0.25, 0.3) is 21.9 Å². The van der Waals surface area contributed by atoms with E-state index in [4.69, 9.17) is 0 Å². The van der Waals surface area contributed by atoms with Gasteiger partial charge in [0.05, 0.1) is 11.0 Å². The molecule has 2 aromatic heterocycles. The van der Waals surface area contributed by atoms with Gasteiger partial charge in [0.15, 0.2) is 0 Å². The number of hydrogen-bond donors (Lipinski definition) is 3. The summed E-state index contributed by atoms with van der Waals surface area (Å²) in [5.74, 6) is 1.16. The molecule has 3 heterocycles. The van der Waals surface area contributed by atoms with E-state index in [1.807, 2.05) is 24.3 Å². The fourth-order valence-corrected chi connectivity index (χ4v) is 4.41. The first kappa shape index (κ1) is 18.7. The topological polar surface area (TPSA) is 76.8 Å². The molecule has 1 saturated heterocycles. The van der Waals surface area contributed by atoms with Gasteiger partial charge in [0.2, 0.25) is 11.9 Å². The highest BCUT2D eigenvalue weighted by molar-refractivity contribution is 5.84. The van der Waals surface area contributed by atoms with Crippen LogP contribution in [-0.2, 0) is 11.2 Å². The molecule has 30 heavy (non-hydrogen) atoms. The number of aromatic nitrogens is 3. The Morgan fingerprint density at radius 1 is 1.17 bits per heavy atom. The van der Waals surface area contributed by atoms with E-state index in [1.165, 1.54) is 16.5 Å². The highest BCUT2D eigenvalue weighted by Gasteiger charge is 2.26. The number of carbonyl (C=O) groups is 1. The molecule has 0 saturated carbocycles. The SMILES string of the molecule is Cc1ccc2[nH]cc(CCNC(=O)C3CCN(c4nc5ccccc5[nH]4)CC3)c2c1. The van der Waals surface area contributed by atoms with Gasteiger partial charge in [-0.05, 0) is 56.0 Å². The number of hydrogen-bond acceptors (Lipinski definition) is 3. The van der Waals surface area contributed by atoms with Crippen LogP contribution in [0.3, 0.4) is 0 Å². The number of H-pyrrole nitrogens is 2. The number of nitrogens with one attached hydrogen (secondary N) is 3. The van der Waals surface area contributed by atoms with E-state index in [0.29, 0.717) is 6.54 Å². The Balaban J connectivity index is 1.13. The van der Waals surface area contributed by atoms with Crippen LogP contribution in [0, 0.1) is 12.8 Å². The second-order valence-electron chi connectivity index (χ2n) is 8.24. The summed E-state index contributed by atoms with van der Waals surface area (Å²) in [6, 6.07) is 14.5. The average Bonchev–Trinajstić information content (AvgIpc) is 3.38. The number of fused-ring (bicyclic) bond motifs is 2. The van der Waals surface area contributed by atoms with Crippen LogP contribution >= 0.6 is 0 Å². The van der Waals surface area contributed by atoms with Crippen LogP contribution in [0.2, 0.25) is 0 Å². The van der Waals surface area contributed by atoms with Crippen molar-refractivity contribution in [3.63, 3.8) is 0 Å². The number of rotatable bonds is 5. The molecule has 4 aromatic rings. The lowest BCUT2D eigenvalue weighted by molar-refractivity contribution is -0.125. The number of imidazole rings is 1. The summed E-state index contributed by atoms with van der Waals surface area (Å²) in [4.78, 5) is 26.3. The normalized spacial score (nSPS) is 15.2. The lowest BCUT2D eigenvalue weighted by atomic mass is 9.96. The summed E-state index contributed by atoms with van der Waals surface area (Å²) < 4.78 is 0. The third kappa shape index (κ3) is 3.65. The van der Waals surface area contributed by atoms with E-state index in [2.05, 4.69) is 56.5 Å². The molecule has 3 N–H and O–H groups in total. The van der Waals surface area contributed by atoms with E-state index < -0.39 is 0 Å². The smallest absolute Gasteiger partial charge is 0.223 e. The van der Waals surface area contributed by atoms with Crippen LogP contribution in [0.1, 0.15) is 24.0 Å². The van der Waals surface area contributed by atoms with Crippen molar-refractivity contribution in [2.45, 2.75) is 26.2 Å². The largest absolute Gasteiger partial charge is 0.361 e. The molecule has 0 atom stereocenters. The van der Waals surface area contributed by atoms with Crippen LogP contribution in [0.4, 0.5) is 5.95 Å². The van der Waals surface area contributed by atoms with Crippen LogP contribution < -0.4 is 10.2 Å². The van der Waals surface area contributed by atoms with Gasteiger partial charge in [0.25, 0.3) is 0 Å². The maximum Gasteiger partial charge on any atom is 0.223 e. The number of nitrogens with zero attached hydrogens (tertiary/aromatic N) is 2. The Labute approximate surface area is 175 Å². The number of benzene rings is 2. The number of anilines is 1. The highest BCUT2D eigenvalue weighted by atomic mass is 16.1. The van der Waals surface area contributed by atoms with Crippen molar-refractivity contribution in [3.8, 4) is 0 Å². The van der Waals surface area contributed by atoms with Gasteiger partial charge in [-0.2, -0.15) is 0 Å². The van der Waals surface area contributed by atoms with Gasteiger partial charge < -0.3 is 20.2 Å². The van der Waals surface area contributed by atoms with Crippen molar-refractivity contribution in [1.29, 1.82) is 0 Å². The average molecular weight is 402 g/mol. The first-order chi connectivity index (χ1) is 14.7. The molecule has 1 fully saturated rings. The standard InChI is InChI=1S/C24H27N5O/c1-16-6-7-20-19(14-16)18(15-26-20)8-11-25-23(30)17-9-12-29(13-10-17)24-27-21-4-2-3-5-22(21)28-24/h2-7,14-15,17,26H,8-13H2,1H3,(H,25,30)(H,27,28). The molecule has 1 amide bonds. The number of aryl methyl sites for hydroxylation is 1. The van der Waals surface area contributed by atoms with Crippen LogP contribution in [-0.4, -0.2) is 40.5 Å². The molecule has 1 aliphatic rings. The van der Waals surface area contributed by atoms with E-state index >= 15 is 0 Å². The van der Waals surface area contributed by atoms with Crippen molar-refractivity contribution >= 4 is 33.8 Å². The molecular weight excluding hydrogens is 374 g/mol. The fraction of sp³-hybridized carbons (Fsp3) is 0.333. The van der Waals surface area contributed by atoms with Gasteiger partial charge in [-0.3, -0.25) is 4.79 Å². The molecule has 0 aliphatic carbocycles. The molecule has 0 radical (unpaired) electrons. The van der Waals surface area contributed by atoms with E-state index in [1.54, 1.807) is 0 Å². The van der Waals surface area contributed by atoms with Gasteiger partial charge in [0.1, 0.15) is 0 Å². The molecule has 6 nitrogen and oxygen atoms in total. The minimum absolute atomic E-state index is 0.0795. The first-order valence-electron chi connectivity index (χ1n) is 10.7. The second kappa shape index (κ2) is 7.86. The lowest BCUT2D eigenvalue weighted by Crippen LogP contribution is -2.41. The van der Waals surface area contributed by atoms with Crippen molar-refractivity contribution in [2.24, 2.45) is 5.92 Å². The van der Waals surface area contributed by atoms with Gasteiger partial charge in [-0.1, -0.05) is 23.8 Å². The van der Waals surface area contributed by atoms with Gasteiger partial charge >= 0.3 is 0 Å². The number of amides is 1. The summed E-state index contributed by atoms with van der Waals surface area (Å²) >= 11 is 0. The van der Waals surface area contributed by atoms with Crippen molar-refractivity contribution < 1.29 is 4.79 Å². The molecule has 1 aliphatic heterocycles. The fourth-order valence-electron chi connectivity index (χ4n) is 4.41. The molecule has 0 unspecified atom stereocenters. The molecule has 154 valence electrons. The van der Waals surface area contributed by atoms with Crippen LogP contribution in [0.15, 0.2) is 48.7 Å². The van der Waals surface area contributed by atoms with Crippen LogP contribution in [0.5, 0.6) is 0 Å². The summed E-state index contributed by atoms with van der Waals surface area (Å²) in [5, 5.41) is 4.40. The monoisotopic (exact) mass is 401 g/mol. The molecule has 5 rings (SSSR count). The predicted molar refractivity (Wildman–Crippen MR) is 121 cm³/mol. The molecule has 0 bridgehead atoms. The number of aromatic amines is 2. The van der Waals surface area contributed by atoms with E-state index in [0.717, 1.165) is 54.9 Å². The minimum Gasteiger partial charge on any atom is -0.361 e. The third-order valence-electron chi connectivity index (χ3n) is 6.16. The maximum atomic E-state index is 12.7. The Morgan fingerprint density at radius 2 is 2.00 bits per heavy atom. The summed E-state index contributed by atoms with van der Waals surface area (Å²) in [7, 11) is 0. The second-order valence-corrected chi connectivity index (χ2v) is 8.24. The lowest BCUT2D eigenvalue weighted by Gasteiger charge is -2.31. The molecular formula is C24H27N5O.